The van der Waals surface area contributed by atoms with E-state index >= 15 is 0 Å². The third-order valence-electron chi connectivity index (χ3n) is 3.55. The van der Waals surface area contributed by atoms with Crippen LogP contribution < -0.4 is 5.73 Å². The summed E-state index contributed by atoms with van der Waals surface area (Å²) in [5, 5.41) is 1.93. The third kappa shape index (κ3) is 2.56. The van der Waals surface area contributed by atoms with Crippen molar-refractivity contribution >= 4 is 33.2 Å². The van der Waals surface area contributed by atoms with Crippen LogP contribution in [0.5, 0.6) is 0 Å². The summed E-state index contributed by atoms with van der Waals surface area (Å²) in [4.78, 5) is 15.0. The van der Waals surface area contributed by atoms with Gasteiger partial charge in [0.1, 0.15) is 4.88 Å². The molecule has 3 nitrogen and oxygen atoms in total. The van der Waals surface area contributed by atoms with Gasteiger partial charge in [0, 0.05) is 17.6 Å². The van der Waals surface area contributed by atoms with E-state index in [-0.39, 0.29) is 5.91 Å². The lowest BCUT2D eigenvalue weighted by Gasteiger charge is -2.29. The van der Waals surface area contributed by atoms with Gasteiger partial charge in [0.15, 0.2) is 0 Å². The average molecular weight is 317 g/mol. The lowest BCUT2D eigenvalue weighted by atomic mass is 10.0. The molecule has 2 atom stereocenters. The fourth-order valence-corrected chi connectivity index (χ4v) is 4.08. The molecule has 0 saturated heterocycles. The van der Waals surface area contributed by atoms with Gasteiger partial charge in [0.2, 0.25) is 0 Å². The predicted octanol–water partition coefficient (Wildman–Crippen LogP) is 2.71. The van der Waals surface area contributed by atoms with Gasteiger partial charge in [-0.1, -0.05) is 6.42 Å². The molecule has 1 aliphatic carbocycles. The Hall–Kier alpha value is -0.390. The zero-order chi connectivity index (χ0) is 12.4. The number of nitrogens with two attached hydrogens (primary N) is 1. The van der Waals surface area contributed by atoms with Gasteiger partial charge in [0.05, 0.1) is 0 Å². The minimum absolute atomic E-state index is 0.109. The van der Waals surface area contributed by atoms with Crippen LogP contribution in [0.3, 0.4) is 0 Å². The lowest BCUT2D eigenvalue weighted by Crippen LogP contribution is -2.41. The lowest BCUT2D eigenvalue weighted by molar-refractivity contribution is 0.0704. The van der Waals surface area contributed by atoms with Crippen LogP contribution in [-0.2, 0) is 0 Å². The van der Waals surface area contributed by atoms with Crippen molar-refractivity contribution in [3.8, 4) is 0 Å². The van der Waals surface area contributed by atoms with Gasteiger partial charge in [-0.15, -0.1) is 11.3 Å². The zero-order valence-corrected chi connectivity index (χ0v) is 12.3. The minimum Gasteiger partial charge on any atom is -0.338 e. The molecule has 0 spiro atoms. The molecule has 1 aromatic heterocycles. The fourth-order valence-electron chi connectivity index (χ4n) is 2.56. The van der Waals surface area contributed by atoms with Crippen LogP contribution in [0.15, 0.2) is 15.9 Å². The van der Waals surface area contributed by atoms with Gasteiger partial charge in [0.25, 0.3) is 5.91 Å². The van der Waals surface area contributed by atoms with Crippen molar-refractivity contribution in [3.63, 3.8) is 0 Å². The molecule has 5 heteroatoms. The van der Waals surface area contributed by atoms with Crippen LogP contribution in [-0.4, -0.2) is 30.4 Å². The second-order valence-corrected chi connectivity index (χ2v) is 6.28. The number of amides is 1. The van der Waals surface area contributed by atoms with E-state index in [1.807, 2.05) is 23.4 Å². The molecule has 1 amide bonds. The Morgan fingerprint density at radius 1 is 1.65 bits per heavy atom. The van der Waals surface area contributed by atoms with E-state index in [2.05, 4.69) is 15.9 Å². The summed E-state index contributed by atoms with van der Waals surface area (Å²) < 4.78 is 0.890. The first kappa shape index (κ1) is 13.1. The molecule has 0 bridgehead atoms. The van der Waals surface area contributed by atoms with Crippen LogP contribution >= 0.6 is 27.3 Å². The molecular formula is C12H17BrN2OS. The van der Waals surface area contributed by atoms with E-state index in [0.29, 0.717) is 18.5 Å². The van der Waals surface area contributed by atoms with Gasteiger partial charge >= 0.3 is 0 Å². The van der Waals surface area contributed by atoms with E-state index in [1.165, 1.54) is 17.8 Å². The summed E-state index contributed by atoms with van der Waals surface area (Å²) in [6.07, 6.45) is 3.40. The quantitative estimate of drug-likeness (QED) is 0.932. The van der Waals surface area contributed by atoms with Crippen molar-refractivity contribution in [1.29, 1.82) is 0 Å². The molecule has 94 valence electrons. The van der Waals surface area contributed by atoms with Crippen molar-refractivity contribution < 1.29 is 4.79 Å². The van der Waals surface area contributed by atoms with E-state index in [1.54, 1.807) is 0 Å². The predicted molar refractivity (Wildman–Crippen MR) is 74.3 cm³/mol. The first-order chi connectivity index (χ1) is 8.15. The molecule has 0 aliphatic heterocycles. The molecule has 2 N–H and O–H groups in total. The molecular weight excluding hydrogens is 300 g/mol. The Balaban J connectivity index is 2.12. The van der Waals surface area contributed by atoms with Crippen molar-refractivity contribution in [2.75, 3.05) is 13.6 Å². The third-order valence-corrected chi connectivity index (χ3v) is 5.38. The van der Waals surface area contributed by atoms with Crippen LogP contribution in [0.2, 0.25) is 0 Å². The highest BCUT2D eigenvalue weighted by atomic mass is 79.9. The number of hydrogen-bond acceptors (Lipinski definition) is 3. The van der Waals surface area contributed by atoms with E-state index in [9.17, 15) is 4.79 Å². The molecule has 2 rings (SSSR count). The topological polar surface area (TPSA) is 46.3 Å². The largest absolute Gasteiger partial charge is 0.338 e. The second-order valence-electron chi connectivity index (χ2n) is 4.51. The number of carbonyl (C=O) groups excluding carboxylic acids is 1. The highest BCUT2D eigenvalue weighted by Crippen LogP contribution is 2.31. The Morgan fingerprint density at radius 3 is 3.00 bits per heavy atom. The molecule has 0 aromatic carbocycles. The fraction of sp³-hybridized carbons (Fsp3) is 0.583. The van der Waals surface area contributed by atoms with E-state index in [4.69, 9.17) is 5.73 Å². The van der Waals surface area contributed by atoms with Crippen LogP contribution in [0, 0.1) is 5.92 Å². The van der Waals surface area contributed by atoms with Crippen LogP contribution in [0.1, 0.15) is 28.9 Å². The molecule has 1 heterocycles. The molecule has 0 radical (unpaired) electrons. The van der Waals surface area contributed by atoms with Crippen molar-refractivity contribution in [2.24, 2.45) is 11.7 Å². The highest BCUT2D eigenvalue weighted by Gasteiger charge is 2.32. The van der Waals surface area contributed by atoms with Crippen LogP contribution in [0.4, 0.5) is 0 Å². The zero-order valence-electron chi connectivity index (χ0n) is 9.86. The smallest absolute Gasteiger partial charge is 0.265 e. The number of halogens is 1. The molecule has 2 unspecified atom stereocenters. The Labute approximate surface area is 114 Å². The number of thiophene rings is 1. The summed E-state index contributed by atoms with van der Waals surface area (Å²) in [5.74, 6) is 0.569. The number of hydrogen-bond donors (Lipinski definition) is 1. The molecule has 17 heavy (non-hydrogen) atoms. The first-order valence-electron chi connectivity index (χ1n) is 5.85. The number of nitrogens with zero attached hydrogens (tertiary/aromatic N) is 1. The monoisotopic (exact) mass is 316 g/mol. The normalized spacial score (nSPS) is 23.9. The maximum atomic E-state index is 12.3. The minimum atomic E-state index is 0.109. The molecule has 1 saturated carbocycles. The van der Waals surface area contributed by atoms with Gasteiger partial charge in [-0.05, 0) is 52.7 Å². The van der Waals surface area contributed by atoms with Gasteiger partial charge < -0.3 is 10.6 Å². The highest BCUT2D eigenvalue weighted by molar-refractivity contribution is 9.10. The van der Waals surface area contributed by atoms with Crippen molar-refractivity contribution in [3.05, 3.63) is 20.8 Å². The summed E-state index contributed by atoms with van der Waals surface area (Å²) in [6, 6.07) is 2.22. The average Bonchev–Trinajstić information content (AvgIpc) is 2.95. The Bertz CT molecular complexity index is 407. The van der Waals surface area contributed by atoms with Crippen molar-refractivity contribution in [2.45, 2.75) is 25.3 Å². The van der Waals surface area contributed by atoms with Crippen LogP contribution in [0.25, 0.3) is 0 Å². The van der Waals surface area contributed by atoms with Crippen molar-refractivity contribution in [1.82, 2.24) is 4.90 Å². The number of carbonyl (C=O) groups is 1. The standard InChI is InChI=1S/C12H17BrN2OS/c1-15(10-4-2-3-8(10)7-14)12(16)11-9(13)5-6-17-11/h5-6,8,10H,2-4,7,14H2,1H3. The summed E-state index contributed by atoms with van der Waals surface area (Å²) in [5.41, 5.74) is 5.77. The van der Waals surface area contributed by atoms with Gasteiger partial charge in [-0.3, -0.25) is 4.79 Å². The summed E-state index contributed by atoms with van der Waals surface area (Å²) in [6.45, 7) is 0.675. The SMILES string of the molecule is CN(C(=O)c1sccc1Br)C1CCCC1CN. The maximum Gasteiger partial charge on any atom is 0.265 e. The summed E-state index contributed by atoms with van der Waals surface area (Å²) in [7, 11) is 1.90. The van der Waals surface area contributed by atoms with Gasteiger partial charge in [-0.25, -0.2) is 0 Å². The maximum absolute atomic E-state index is 12.3. The second kappa shape index (κ2) is 5.50. The molecule has 1 aromatic rings. The van der Waals surface area contributed by atoms with Gasteiger partial charge in [-0.2, -0.15) is 0 Å². The Morgan fingerprint density at radius 2 is 2.41 bits per heavy atom. The number of rotatable bonds is 3. The summed E-state index contributed by atoms with van der Waals surface area (Å²) >= 11 is 4.90. The Kier molecular flexibility index (Phi) is 4.22. The molecule has 1 aliphatic rings. The first-order valence-corrected chi connectivity index (χ1v) is 7.52. The van der Waals surface area contributed by atoms with E-state index < -0.39 is 0 Å². The molecule has 1 fully saturated rings. The van der Waals surface area contributed by atoms with E-state index in [0.717, 1.165) is 22.2 Å².